The summed E-state index contributed by atoms with van der Waals surface area (Å²) in [6.45, 7) is 0. The van der Waals surface area contributed by atoms with E-state index in [9.17, 15) is 8.42 Å². The predicted molar refractivity (Wildman–Crippen MR) is 55.5 cm³/mol. The molecule has 0 fully saturated rings. The summed E-state index contributed by atoms with van der Waals surface area (Å²) in [5.41, 5.74) is 8.03. The Morgan fingerprint density at radius 2 is 2.14 bits per heavy atom. The Labute approximate surface area is 93.5 Å². The predicted octanol–water partition coefficient (Wildman–Crippen LogP) is 3.10. The molecule has 0 aliphatic rings. The molecule has 1 aromatic carbocycles. The number of nitrogens with zero attached hydrogens (tertiary/aromatic N) is 3. The summed E-state index contributed by atoms with van der Waals surface area (Å²) in [6.07, 6.45) is 0. The van der Waals surface area contributed by atoms with E-state index in [1.165, 1.54) is 18.2 Å². The highest BCUT2D eigenvalue weighted by atomic mass is 79.9. The zero-order valence-electron chi connectivity index (χ0n) is 6.55. The lowest BCUT2D eigenvalue weighted by Gasteiger charge is -1.99. The molecular weight excluding hydrogens is 294 g/mol. The molecule has 5 nitrogen and oxygen atoms in total. The Balaban J connectivity index is 3.35. The van der Waals surface area contributed by atoms with Gasteiger partial charge in [0, 0.05) is 13.9 Å². The Morgan fingerprint density at radius 1 is 1.50 bits per heavy atom. The number of hydrogen-bond acceptors (Lipinski definition) is 2. The summed E-state index contributed by atoms with van der Waals surface area (Å²) in [4.78, 5) is 2.12. The second-order valence-corrected chi connectivity index (χ2v) is 5.07. The lowest BCUT2D eigenvalue weighted by molar-refractivity contribution is 0.597. The van der Waals surface area contributed by atoms with Gasteiger partial charge in [-0.2, -0.15) is 0 Å². The summed E-state index contributed by atoms with van der Waals surface area (Å²) in [5.74, 6) is 0. The van der Waals surface area contributed by atoms with Crippen LogP contribution in [0.2, 0.25) is 5.02 Å². The zero-order chi connectivity index (χ0) is 10.8. The van der Waals surface area contributed by atoms with Crippen LogP contribution in [0.1, 0.15) is 0 Å². The topological polar surface area (TPSA) is 82.9 Å². The van der Waals surface area contributed by atoms with Crippen LogP contribution in [0, 0.1) is 0 Å². The maximum Gasteiger partial charge on any atom is 0.264 e. The minimum atomic E-state index is -3.93. The molecule has 0 atom stereocenters. The molecule has 8 heteroatoms. The first-order valence-corrected chi connectivity index (χ1v) is 5.85. The van der Waals surface area contributed by atoms with Crippen LogP contribution in [-0.2, 0) is 10.0 Å². The molecular formula is C6H3BrClN3O2S. The van der Waals surface area contributed by atoms with Gasteiger partial charge in [-0.25, -0.2) is 8.42 Å². The van der Waals surface area contributed by atoms with Gasteiger partial charge in [-0.05, 0) is 39.7 Å². The van der Waals surface area contributed by atoms with Crippen molar-refractivity contribution in [3.63, 3.8) is 0 Å². The van der Waals surface area contributed by atoms with Crippen LogP contribution >= 0.6 is 27.5 Å². The zero-order valence-corrected chi connectivity index (χ0v) is 9.71. The SMILES string of the molecule is [N-]=[N+]=NS(=O)(=O)c1ccc(Cl)c(Br)c1. The van der Waals surface area contributed by atoms with Crippen molar-refractivity contribution in [1.82, 2.24) is 0 Å². The maximum atomic E-state index is 11.2. The third kappa shape index (κ3) is 2.39. The van der Waals surface area contributed by atoms with E-state index in [2.05, 4.69) is 25.4 Å². The number of azide groups is 1. The highest BCUT2D eigenvalue weighted by Gasteiger charge is 2.12. The van der Waals surface area contributed by atoms with E-state index >= 15 is 0 Å². The summed E-state index contributed by atoms with van der Waals surface area (Å²) < 4.78 is 25.5. The molecule has 0 aliphatic carbocycles. The quantitative estimate of drug-likeness (QED) is 0.477. The fourth-order valence-electron chi connectivity index (χ4n) is 0.733. The van der Waals surface area contributed by atoms with Gasteiger partial charge in [-0.1, -0.05) is 11.6 Å². The van der Waals surface area contributed by atoms with Gasteiger partial charge in [0.1, 0.15) is 0 Å². The second-order valence-electron chi connectivity index (χ2n) is 2.22. The van der Waals surface area contributed by atoms with Crippen molar-refractivity contribution < 1.29 is 8.42 Å². The first-order valence-electron chi connectivity index (χ1n) is 3.24. The van der Waals surface area contributed by atoms with Gasteiger partial charge in [0.05, 0.1) is 9.92 Å². The monoisotopic (exact) mass is 295 g/mol. The Hall–Kier alpha value is -0.750. The Bertz CT molecular complexity index is 510. The van der Waals surface area contributed by atoms with E-state index in [4.69, 9.17) is 17.1 Å². The lowest BCUT2D eigenvalue weighted by atomic mass is 10.4. The van der Waals surface area contributed by atoms with Gasteiger partial charge in [-0.3, -0.25) is 0 Å². The van der Waals surface area contributed by atoms with E-state index in [0.29, 0.717) is 9.50 Å². The molecule has 0 spiro atoms. The molecule has 1 rings (SSSR count). The van der Waals surface area contributed by atoms with Crippen LogP contribution in [0.3, 0.4) is 0 Å². The smallest absolute Gasteiger partial charge is 0.216 e. The molecule has 74 valence electrons. The molecule has 14 heavy (non-hydrogen) atoms. The largest absolute Gasteiger partial charge is 0.264 e. The van der Waals surface area contributed by atoms with Gasteiger partial charge >= 0.3 is 0 Å². The average Bonchev–Trinajstić information content (AvgIpc) is 2.09. The van der Waals surface area contributed by atoms with E-state index in [-0.39, 0.29) is 4.90 Å². The van der Waals surface area contributed by atoms with Gasteiger partial charge in [0.15, 0.2) is 0 Å². The molecule has 0 heterocycles. The van der Waals surface area contributed by atoms with Gasteiger partial charge in [0.2, 0.25) is 0 Å². The number of hydrogen-bond donors (Lipinski definition) is 0. The number of halogens is 2. The van der Waals surface area contributed by atoms with Crippen molar-refractivity contribution >= 4 is 37.6 Å². The molecule has 0 aromatic heterocycles. The fraction of sp³-hybridized carbons (Fsp3) is 0. The molecule has 1 aromatic rings. The normalized spacial score (nSPS) is 10.7. The van der Waals surface area contributed by atoms with Crippen molar-refractivity contribution in [2.45, 2.75) is 4.90 Å². The Kier molecular flexibility index (Phi) is 3.38. The van der Waals surface area contributed by atoms with Gasteiger partial charge < -0.3 is 0 Å². The third-order valence-corrected chi connectivity index (χ3v) is 3.68. The highest BCUT2D eigenvalue weighted by molar-refractivity contribution is 9.10. The lowest BCUT2D eigenvalue weighted by Crippen LogP contribution is -1.94. The number of sulfonamides is 1. The van der Waals surface area contributed by atoms with Crippen molar-refractivity contribution in [2.24, 2.45) is 4.52 Å². The summed E-state index contributed by atoms with van der Waals surface area (Å²) in [6, 6.07) is 3.93. The van der Waals surface area contributed by atoms with Crippen LogP contribution < -0.4 is 0 Å². The fourth-order valence-corrected chi connectivity index (χ4v) is 2.08. The summed E-state index contributed by atoms with van der Waals surface area (Å²) >= 11 is 8.72. The van der Waals surface area contributed by atoms with Gasteiger partial charge in [0.25, 0.3) is 10.0 Å². The van der Waals surface area contributed by atoms with Crippen LogP contribution in [0.15, 0.2) is 32.1 Å². The number of benzene rings is 1. The minimum Gasteiger partial charge on any atom is -0.216 e. The molecule has 0 amide bonds. The van der Waals surface area contributed by atoms with Gasteiger partial charge in [-0.15, -0.1) is 0 Å². The molecule has 0 saturated carbocycles. The van der Waals surface area contributed by atoms with Crippen molar-refractivity contribution in [3.05, 3.63) is 38.1 Å². The van der Waals surface area contributed by atoms with Crippen molar-refractivity contribution in [1.29, 1.82) is 0 Å². The maximum absolute atomic E-state index is 11.2. The molecule has 0 bridgehead atoms. The molecule has 0 N–H and O–H groups in total. The average molecular weight is 297 g/mol. The summed E-state index contributed by atoms with van der Waals surface area (Å²) in [5, 5.41) is 0.380. The van der Waals surface area contributed by atoms with E-state index in [1.807, 2.05) is 0 Å². The van der Waals surface area contributed by atoms with E-state index in [1.54, 1.807) is 0 Å². The molecule has 0 radical (unpaired) electrons. The Morgan fingerprint density at radius 3 is 2.64 bits per heavy atom. The van der Waals surface area contributed by atoms with Crippen LogP contribution in [0.25, 0.3) is 10.4 Å². The van der Waals surface area contributed by atoms with Crippen molar-refractivity contribution in [2.75, 3.05) is 0 Å². The second kappa shape index (κ2) is 4.18. The van der Waals surface area contributed by atoms with E-state index < -0.39 is 10.0 Å². The van der Waals surface area contributed by atoms with E-state index in [0.717, 1.165) is 0 Å². The standard InChI is InChI=1S/C6H3BrClN3O2S/c7-5-3-4(1-2-6(5)8)14(12,13)11-10-9/h1-3H. The minimum absolute atomic E-state index is 0.105. The molecule has 0 unspecified atom stereocenters. The van der Waals surface area contributed by atoms with Crippen molar-refractivity contribution in [3.8, 4) is 0 Å². The molecule has 0 aliphatic heterocycles. The number of rotatable bonds is 2. The summed E-state index contributed by atoms with van der Waals surface area (Å²) in [7, 11) is -3.93. The van der Waals surface area contributed by atoms with Crippen LogP contribution in [0.5, 0.6) is 0 Å². The van der Waals surface area contributed by atoms with Crippen LogP contribution in [-0.4, -0.2) is 8.42 Å². The third-order valence-electron chi connectivity index (χ3n) is 1.33. The first kappa shape index (κ1) is 11.3. The molecule has 0 saturated heterocycles. The van der Waals surface area contributed by atoms with Crippen LogP contribution in [0.4, 0.5) is 0 Å². The first-order chi connectivity index (χ1) is 6.47. The highest BCUT2D eigenvalue weighted by Crippen LogP contribution is 2.26.